The zero-order valence-corrected chi connectivity index (χ0v) is 21.1. The molecule has 3 fully saturated rings. The predicted octanol–water partition coefficient (Wildman–Crippen LogP) is 7.20. The van der Waals surface area contributed by atoms with Crippen LogP contribution in [0.4, 0.5) is 0 Å². The number of rotatable bonds is 6. The normalized spacial score (nSPS) is 44.3. The second-order valence-corrected chi connectivity index (χ2v) is 12.8. The third-order valence-corrected chi connectivity index (χ3v) is 11.1. The minimum atomic E-state index is -0.243. The molecule has 2 heteroatoms. The Morgan fingerprint density at radius 3 is 2.45 bits per heavy atom. The van der Waals surface area contributed by atoms with Crippen molar-refractivity contribution in [3.05, 3.63) is 11.6 Å². The maximum atomic E-state index is 13.5. The second kappa shape index (κ2) is 8.62. The van der Waals surface area contributed by atoms with Gasteiger partial charge < -0.3 is 5.11 Å². The van der Waals surface area contributed by atoms with E-state index in [2.05, 4.69) is 41.5 Å². The van der Waals surface area contributed by atoms with E-state index in [1.165, 1.54) is 50.5 Å². The number of hydrogen-bond donors (Lipinski definition) is 1. The first-order valence-corrected chi connectivity index (χ1v) is 13.5. The summed E-state index contributed by atoms with van der Waals surface area (Å²) in [5.74, 6) is 4.90. The third kappa shape index (κ3) is 3.87. The van der Waals surface area contributed by atoms with E-state index in [9.17, 15) is 9.90 Å². The van der Waals surface area contributed by atoms with E-state index >= 15 is 0 Å². The highest BCUT2D eigenvalue weighted by Crippen LogP contribution is 2.66. The molecule has 2 nitrogen and oxygen atoms in total. The standard InChI is InChI=1S/C29H48O2/c1-7-20(18(2)3)9-8-19(4)23-10-11-24-27-25(13-15-29(23,24)6)28(5)14-12-22(30)16-21(28)17-26(27)31/h17-20,22-25,27,30H,7-16H2,1-6H3/t19-,20-,22+,23-,24?,25?,27?,28+,29-/m1/s1. The van der Waals surface area contributed by atoms with Crippen LogP contribution in [0.15, 0.2) is 11.6 Å². The number of fused-ring (bicyclic) bond motifs is 5. The molecule has 4 aliphatic carbocycles. The Hall–Kier alpha value is -0.630. The summed E-state index contributed by atoms with van der Waals surface area (Å²) in [5.41, 5.74) is 1.75. The lowest BCUT2D eigenvalue weighted by Crippen LogP contribution is -2.53. The molecule has 0 amide bonds. The molecule has 31 heavy (non-hydrogen) atoms. The van der Waals surface area contributed by atoms with Gasteiger partial charge in [0.1, 0.15) is 0 Å². The molecule has 0 spiro atoms. The molecule has 0 aliphatic heterocycles. The first-order chi connectivity index (χ1) is 14.6. The summed E-state index contributed by atoms with van der Waals surface area (Å²) >= 11 is 0. The predicted molar refractivity (Wildman–Crippen MR) is 129 cm³/mol. The van der Waals surface area contributed by atoms with E-state index < -0.39 is 0 Å². The molecule has 0 aromatic carbocycles. The number of carbonyl (C=O) groups is 1. The average Bonchev–Trinajstić information content (AvgIpc) is 3.06. The average molecular weight is 429 g/mol. The molecule has 3 saturated carbocycles. The monoisotopic (exact) mass is 428 g/mol. The summed E-state index contributed by atoms with van der Waals surface area (Å²) < 4.78 is 0. The van der Waals surface area contributed by atoms with Crippen LogP contribution in [-0.4, -0.2) is 17.0 Å². The zero-order chi connectivity index (χ0) is 22.6. The lowest BCUT2D eigenvalue weighted by atomic mass is 9.46. The van der Waals surface area contributed by atoms with Crippen molar-refractivity contribution < 1.29 is 9.90 Å². The lowest BCUT2D eigenvalue weighted by Gasteiger charge is -2.57. The van der Waals surface area contributed by atoms with E-state index in [0.29, 0.717) is 23.0 Å². The molecule has 1 N–H and O–H groups in total. The number of hydrogen-bond acceptors (Lipinski definition) is 2. The van der Waals surface area contributed by atoms with Crippen LogP contribution in [0.25, 0.3) is 0 Å². The number of allylic oxidation sites excluding steroid dienone is 1. The van der Waals surface area contributed by atoms with E-state index in [4.69, 9.17) is 0 Å². The van der Waals surface area contributed by atoms with Crippen LogP contribution in [0.5, 0.6) is 0 Å². The molecule has 4 rings (SSSR count). The number of carbonyl (C=O) groups excluding carboxylic acids is 1. The Balaban J connectivity index is 1.52. The van der Waals surface area contributed by atoms with Gasteiger partial charge in [-0.2, -0.15) is 0 Å². The van der Waals surface area contributed by atoms with Crippen molar-refractivity contribution in [2.45, 2.75) is 112 Å². The highest BCUT2D eigenvalue weighted by Gasteiger charge is 2.61. The molecular weight excluding hydrogens is 380 g/mol. The van der Waals surface area contributed by atoms with E-state index in [-0.39, 0.29) is 17.4 Å². The van der Waals surface area contributed by atoms with Gasteiger partial charge in [0.05, 0.1) is 6.10 Å². The fraction of sp³-hybridized carbons (Fsp3) is 0.897. The van der Waals surface area contributed by atoms with Crippen LogP contribution in [-0.2, 0) is 4.79 Å². The van der Waals surface area contributed by atoms with Crippen molar-refractivity contribution in [1.82, 2.24) is 0 Å². The third-order valence-electron chi connectivity index (χ3n) is 11.1. The topological polar surface area (TPSA) is 37.3 Å². The van der Waals surface area contributed by atoms with Crippen LogP contribution in [0, 0.1) is 52.3 Å². The minimum Gasteiger partial charge on any atom is -0.393 e. The maximum Gasteiger partial charge on any atom is 0.159 e. The zero-order valence-electron chi connectivity index (χ0n) is 21.1. The molecule has 0 bridgehead atoms. The highest BCUT2D eigenvalue weighted by atomic mass is 16.3. The van der Waals surface area contributed by atoms with Gasteiger partial charge in [0, 0.05) is 5.92 Å². The van der Waals surface area contributed by atoms with E-state index in [1.54, 1.807) is 0 Å². The summed E-state index contributed by atoms with van der Waals surface area (Å²) in [6.07, 6.45) is 13.5. The van der Waals surface area contributed by atoms with Crippen molar-refractivity contribution in [3.63, 3.8) is 0 Å². The minimum absolute atomic E-state index is 0.147. The molecule has 0 aromatic heterocycles. The van der Waals surface area contributed by atoms with Crippen LogP contribution < -0.4 is 0 Å². The summed E-state index contributed by atoms with van der Waals surface area (Å²) in [6.45, 7) is 14.6. The van der Waals surface area contributed by atoms with Gasteiger partial charge >= 0.3 is 0 Å². The van der Waals surface area contributed by atoms with Crippen molar-refractivity contribution >= 4 is 5.78 Å². The first kappa shape index (κ1) is 23.5. The Bertz CT molecular complexity index is 708. The quantitative estimate of drug-likeness (QED) is 0.485. The van der Waals surface area contributed by atoms with Crippen molar-refractivity contribution in [2.75, 3.05) is 0 Å². The first-order valence-electron chi connectivity index (χ1n) is 13.5. The van der Waals surface area contributed by atoms with Gasteiger partial charge in [-0.15, -0.1) is 0 Å². The van der Waals surface area contributed by atoms with Gasteiger partial charge in [-0.1, -0.05) is 60.0 Å². The molecule has 176 valence electrons. The molecule has 9 atom stereocenters. The van der Waals surface area contributed by atoms with Gasteiger partial charge in [0.25, 0.3) is 0 Å². The van der Waals surface area contributed by atoms with Crippen LogP contribution in [0.3, 0.4) is 0 Å². The summed E-state index contributed by atoms with van der Waals surface area (Å²) in [7, 11) is 0. The van der Waals surface area contributed by atoms with Crippen molar-refractivity contribution in [2.24, 2.45) is 52.3 Å². The fourth-order valence-corrected chi connectivity index (χ4v) is 9.04. The maximum absolute atomic E-state index is 13.5. The molecule has 0 heterocycles. The van der Waals surface area contributed by atoms with Gasteiger partial charge in [-0.05, 0) is 104 Å². The number of aliphatic hydroxyl groups is 1. The van der Waals surface area contributed by atoms with Crippen molar-refractivity contribution in [3.8, 4) is 0 Å². The van der Waals surface area contributed by atoms with Gasteiger partial charge in [0.15, 0.2) is 5.78 Å². The SMILES string of the molecule is CC[C@H](CC[C@@H](C)[C@H]1CCC2C3C(=O)C=C4C[C@@H](O)CC[C@]4(C)C3CC[C@@]21C)C(C)C. The molecule has 4 aliphatic rings. The molecule has 0 saturated heterocycles. The Kier molecular flexibility index (Phi) is 6.54. The van der Waals surface area contributed by atoms with Crippen LogP contribution >= 0.6 is 0 Å². The Morgan fingerprint density at radius 2 is 1.77 bits per heavy atom. The highest BCUT2D eigenvalue weighted by molar-refractivity contribution is 5.94. The fourth-order valence-electron chi connectivity index (χ4n) is 9.04. The Labute approximate surface area is 191 Å². The van der Waals surface area contributed by atoms with Crippen LogP contribution in [0.2, 0.25) is 0 Å². The van der Waals surface area contributed by atoms with E-state index in [1.807, 2.05) is 6.08 Å². The summed E-state index contributed by atoms with van der Waals surface area (Å²) in [4.78, 5) is 13.5. The van der Waals surface area contributed by atoms with Crippen LogP contribution in [0.1, 0.15) is 106 Å². The molecular formula is C29H48O2. The molecule has 3 unspecified atom stereocenters. The van der Waals surface area contributed by atoms with E-state index in [0.717, 1.165) is 42.9 Å². The molecule has 0 aromatic rings. The Morgan fingerprint density at radius 1 is 1.03 bits per heavy atom. The number of ketones is 1. The molecule has 0 radical (unpaired) electrons. The smallest absolute Gasteiger partial charge is 0.159 e. The summed E-state index contributed by atoms with van der Waals surface area (Å²) in [5, 5.41) is 10.2. The van der Waals surface area contributed by atoms with Gasteiger partial charge in [0.2, 0.25) is 0 Å². The largest absolute Gasteiger partial charge is 0.393 e. The van der Waals surface area contributed by atoms with Gasteiger partial charge in [-0.3, -0.25) is 4.79 Å². The lowest BCUT2D eigenvalue weighted by molar-refractivity contribution is -0.135. The van der Waals surface area contributed by atoms with Gasteiger partial charge in [-0.25, -0.2) is 0 Å². The number of aliphatic hydroxyl groups excluding tert-OH is 1. The van der Waals surface area contributed by atoms with Crippen molar-refractivity contribution in [1.29, 1.82) is 0 Å². The second-order valence-electron chi connectivity index (χ2n) is 12.8. The summed E-state index contributed by atoms with van der Waals surface area (Å²) in [6, 6.07) is 0.